The summed E-state index contributed by atoms with van der Waals surface area (Å²) < 4.78 is 7.05. The van der Waals surface area contributed by atoms with Gasteiger partial charge in [-0.3, -0.25) is 24.3 Å². The molecule has 3 aromatic rings. The fourth-order valence-electron chi connectivity index (χ4n) is 2.59. The summed E-state index contributed by atoms with van der Waals surface area (Å²) in [7, 11) is 0. The summed E-state index contributed by atoms with van der Waals surface area (Å²) in [4.78, 5) is 33.9. The highest BCUT2D eigenvalue weighted by molar-refractivity contribution is 7.99. The van der Waals surface area contributed by atoms with E-state index < -0.39 is 10.8 Å². The highest BCUT2D eigenvalue weighted by Gasteiger charge is 2.18. The normalized spacial score (nSPS) is 10.7. The van der Waals surface area contributed by atoms with Crippen LogP contribution in [0.3, 0.4) is 0 Å². The molecule has 0 saturated heterocycles. The second kappa shape index (κ2) is 9.69. The molecule has 0 aliphatic heterocycles. The van der Waals surface area contributed by atoms with Gasteiger partial charge in [0.05, 0.1) is 11.2 Å². The van der Waals surface area contributed by atoms with Crippen molar-refractivity contribution in [3.05, 3.63) is 52.8 Å². The van der Waals surface area contributed by atoms with Crippen LogP contribution in [0, 0.1) is 10.1 Å². The standard InChI is InChI=1S/C18H18N6O5S/c19-15(25)7-9-23-17(14-6-3-10-29-14)21-22-18(23)30-11-8-16(26)20-12-4-1-2-5-13(12)24(27)28/h1-6,10H,7-9,11H2,(H2,19,25)(H,20,26). The number of para-hydroxylation sites is 2. The predicted octanol–water partition coefficient (Wildman–Crippen LogP) is 2.44. The van der Waals surface area contributed by atoms with Crippen molar-refractivity contribution in [1.29, 1.82) is 0 Å². The number of nitro benzene ring substituents is 1. The Balaban J connectivity index is 1.64. The van der Waals surface area contributed by atoms with Gasteiger partial charge in [0, 0.05) is 31.2 Å². The summed E-state index contributed by atoms with van der Waals surface area (Å²) in [6.07, 6.45) is 1.69. The zero-order chi connectivity index (χ0) is 21.5. The fourth-order valence-corrected chi connectivity index (χ4v) is 3.50. The zero-order valence-electron chi connectivity index (χ0n) is 15.7. The van der Waals surface area contributed by atoms with E-state index in [4.69, 9.17) is 10.2 Å². The van der Waals surface area contributed by atoms with Crippen molar-refractivity contribution in [2.75, 3.05) is 11.1 Å². The van der Waals surface area contributed by atoms with Crippen molar-refractivity contribution in [3.8, 4) is 11.6 Å². The van der Waals surface area contributed by atoms with Crippen LogP contribution >= 0.6 is 11.8 Å². The van der Waals surface area contributed by atoms with Crippen molar-refractivity contribution < 1.29 is 18.9 Å². The van der Waals surface area contributed by atoms with E-state index in [0.717, 1.165) is 0 Å². The third-order valence-electron chi connectivity index (χ3n) is 3.98. The molecule has 1 aromatic carbocycles. The number of thioether (sulfide) groups is 1. The number of nitrogens with two attached hydrogens (primary N) is 1. The van der Waals surface area contributed by atoms with Gasteiger partial charge in [-0.25, -0.2) is 0 Å². The van der Waals surface area contributed by atoms with E-state index in [9.17, 15) is 19.7 Å². The average molecular weight is 430 g/mol. The van der Waals surface area contributed by atoms with Crippen LogP contribution in [-0.4, -0.2) is 37.3 Å². The molecule has 0 unspecified atom stereocenters. The van der Waals surface area contributed by atoms with Crippen LogP contribution in [0.15, 0.2) is 52.2 Å². The number of hydrogen-bond donors (Lipinski definition) is 2. The first-order valence-electron chi connectivity index (χ1n) is 8.87. The molecule has 0 bridgehead atoms. The van der Waals surface area contributed by atoms with Gasteiger partial charge in [-0.2, -0.15) is 0 Å². The first-order chi connectivity index (χ1) is 14.5. The molecule has 12 heteroatoms. The summed E-state index contributed by atoms with van der Waals surface area (Å²) in [6.45, 7) is 0.267. The SMILES string of the molecule is NC(=O)CCn1c(SCCC(=O)Nc2ccccc2[N+](=O)[O-])nnc1-c1ccco1. The lowest BCUT2D eigenvalue weighted by atomic mass is 10.2. The number of furan rings is 1. The van der Waals surface area contributed by atoms with Gasteiger partial charge in [0.2, 0.25) is 11.8 Å². The Hall–Kier alpha value is -3.67. The molecule has 11 nitrogen and oxygen atoms in total. The number of nitrogens with zero attached hydrogens (tertiary/aromatic N) is 4. The first kappa shape index (κ1) is 21.0. The smallest absolute Gasteiger partial charge is 0.292 e. The van der Waals surface area contributed by atoms with Gasteiger partial charge in [-0.15, -0.1) is 10.2 Å². The number of amides is 2. The number of benzene rings is 1. The van der Waals surface area contributed by atoms with E-state index in [1.165, 1.54) is 36.2 Å². The minimum absolute atomic E-state index is 0.0927. The number of anilines is 1. The van der Waals surface area contributed by atoms with E-state index in [2.05, 4.69) is 15.5 Å². The summed E-state index contributed by atoms with van der Waals surface area (Å²) in [5.41, 5.74) is 5.22. The van der Waals surface area contributed by atoms with Crippen molar-refractivity contribution in [2.24, 2.45) is 5.73 Å². The Kier molecular flexibility index (Phi) is 6.80. The Morgan fingerprint density at radius 3 is 2.70 bits per heavy atom. The van der Waals surface area contributed by atoms with Gasteiger partial charge in [-0.1, -0.05) is 23.9 Å². The van der Waals surface area contributed by atoms with Crippen molar-refractivity contribution in [3.63, 3.8) is 0 Å². The van der Waals surface area contributed by atoms with Crippen LogP contribution in [-0.2, 0) is 16.1 Å². The number of aromatic nitrogens is 3. The van der Waals surface area contributed by atoms with E-state index in [1.54, 1.807) is 22.8 Å². The molecule has 2 aromatic heterocycles. The summed E-state index contributed by atoms with van der Waals surface area (Å²) in [5, 5.41) is 22.3. The molecule has 156 valence electrons. The van der Waals surface area contributed by atoms with Gasteiger partial charge < -0.3 is 15.5 Å². The maximum absolute atomic E-state index is 12.2. The highest BCUT2D eigenvalue weighted by Crippen LogP contribution is 2.26. The molecular formula is C18H18N6O5S. The molecule has 2 amide bonds. The molecule has 0 radical (unpaired) electrons. The Morgan fingerprint density at radius 1 is 1.20 bits per heavy atom. The van der Waals surface area contributed by atoms with Crippen LogP contribution in [0.1, 0.15) is 12.8 Å². The molecular weight excluding hydrogens is 412 g/mol. The van der Waals surface area contributed by atoms with Crippen molar-refractivity contribution in [2.45, 2.75) is 24.5 Å². The van der Waals surface area contributed by atoms with Gasteiger partial charge in [-0.05, 0) is 18.2 Å². The second-order valence-corrected chi connectivity index (χ2v) is 7.13. The fraction of sp³-hybridized carbons (Fsp3) is 0.222. The van der Waals surface area contributed by atoms with Crippen LogP contribution in [0.4, 0.5) is 11.4 Å². The molecule has 3 N–H and O–H groups in total. The molecule has 0 saturated carbocycles. The molecule has 0 aliphatic rings. The number of nitrogens with one attached hydrogen (secondary N) is 1. The van der Waals surface area contributed by atoms with Gasteiger partial charge >= 0.3 is 0 Å². The van der Waals surface area contributed by atoms with Crippen LogP contribution in [0.25, 0.3) is 11.6 Å². The van der Waals surface area contributed by atoms with Crippen LogP contribution in [0.2, 0.25) is 0 Å². The molecule has 0 aliphatic carbocycles. The average Bonchev–Trinajstić information content (AvgIpc) is 3.36. The molecule has 2 heterocycles. The molecule has 0 fully saturated rings. The molecule has 30 heavy (non-hydrogen) atoms. The van der Waals surface area contributed by atoms with E-state index in [-0.39, 0.29) is 36.7 Å². The summed E-state index contributed by atoms with van der Waals surface area (Å²) in [6, 6.07) is 9.36. The maximum atomic E-state index is 12.2. The lowest BCUT2D eigenvalue weighted by Crippen LogP contribution is -2.15. The van der Waals surface area contributed by atoms with Crippen molar-refractivity contribution in [1.82, 2.24) is 14.8 Å². The van der Waals surface area contributed by atoms with Gasteiger partial charge in [0.25, 0.3) is 5.69 Å². The monoisotopic (exact) mass is 430 g/mol. The highest BCUT2D eigenvalue weighted by atomic mass is 32.2. The summed E-state index contributed by atoms with van der Waals surface area (Å²) in [5.74, 6) is 0.459. The number of primary amides is 1. The maximum Gasteiger partial charge on any atom is 0.292 e. The van der Waals surface area contributed by atoms with Crippen molar-refractivity contribution >= 4 is 35.0 Å². The number of carbonyl (C=O) groups is 2. The minimum Gasteiger partial charge on any atom is -0.461 e. The van der Waals surface area contributed by atoms with Crippen LogP contribution in [0.5, 0.6) is 0 Å². The van der Waals surface area contributed by atoms with E-state index in [1.807, 2.05) is 0 Å². The molecule has 0 atom stereocenters. The Bertz CT molecular complexity index is 1050. The van der Waals surface area contributed by atoms with E-state index >= 15 is 0 Å². The van der Waals surface area contributed by atoms with E-state index in [0.29, 0.717) is 22.5 Å². The van der Waals surface area contributed by atoms with Gasteiger partial charge in [0.1, 0.15) is 5.69 Å². The minimum atomic E-state index is -0.554. The largest absolute Gasteiger partial charge is 0.461 e. The third-order valence-corrected chi connectivity index (χ3v) is 4.94. The van der Waals surface area contributed by atoms with Crippen LogP contribution < -0.4 is 11.1 Å². The number of nitro groups is 1. The second-order valence-electron chi connectivity index (χ2n) is 6.07. The topological polar surface area (TPSA) is 159 Å². The molecule has 0 spiro atoms. The Morgan fingerprint density at radius 2 is 2.00 bits per heavy atom. The number of rotatable bonds is 10. The lowest BCUT2D eigenvalue weighted by molar-refractivity contribution is -0.383. The Labute approximate surface area is 174 Å². The quantitative estimate of drug-likeness (QED) is 0.282. The molecule has 3 rings (SSSR count). The van der Waals surface area contributed by atoms with Gasteiger partial charge in [0.15, 0.2) is 16.7 Å². The lowest BCUT2D eigenvalue weighted by Gasteiger charge is -2.08. The number of carbonyl (C=O) groups excluding carboxylic acids is 2. The third kappa shape index (κ3) is 5.23. The predicted molar refractivity (Wildman–Crippen MR) is 109 cm³/mol. The first-order valence-corrected chi connectivity index (χ1v) is 9.85. The zero-order valence-corrected chi connectivity index (χ0v) is 16.5. The summed E-state index contributed by atoms with van der Waals surface area (Å²) >= 11 is 1.27. The number of hydrogen-bond acceptors (Lipinski definition) is 8.